The summed E-state index contributed by atoms with van der Waals surface area (Å²) in [6.07, 6.45) is 0. The fourth-order valence-electron chi connectivity index (χ4n) is 0.760. The SMILES string of the molecule is OCCN(CCO)CCO.[O]=[Zr]([OH])[OH].[O]=[Zr]([OH])[OH]. The van der Waals surface area contributed by atoms with Crippen LogP contribution in [0.2, 0.25) is 0 Å². The van der Waals surface area contributed by atoms with E-state index in [0.717, 1.165) is 0 Å². The van der Waals surface area contributed by atoms with Crippen molar-refractivity contribution in [3.8, 4) is 0 Å². The van der Waals surface area contributed by atoms with Crippen molar-refractivity contribution in [1.29, 1.82) is 0 Å². The molecule has 0 saturated heterocycles. The van der Waals surface area contributed by atoms with E-state index in [1.807, 2.05) is 0 Å². The maximum atomic E-state index is 8.84. The Morgan fingerprint density at radius 3 is 0.944 bits per heavy atom. The van der Waals surface area contributed by atoms with Gasteiger partial charge < -0.3 is 15.3 Å². The average Bonchev–Trinajstić information content (AvgIpc) is 2.17. The van der Waals surface area contributed by atoms with Crippen molar-refractivity contribution in [2.24, 2.45) is 0 Å². The van der Waals surface area contributed by atoms with Gasteiger partial charge in [-0.2, -0.15) is 0 Å². The summed E-state index contributed by atoms with van der Waals surface area (Å²) in [5, 5.41) is 25.5. The van der Waals surface area contributed by atoms with Gasteiger partial charge in [0.05, 0.1) is 19.8 Å². The Kier molecular flexibility index (Phi) is 27.3. The first-order chi connectivity index (χ1) is 8.31. The summed E-state index contributed by atoms with van der Waals surface area (Å²) < 4.78 is 46.7. The Morgan fingerprint density at radius 1 is 0.667 bits per heavy atom. The van der Waals surface area contributed by atoms with E-state index in [4.69, 9.17) is 33.7 Å². The molecule has 0 aromatic rings. The van der Waals surface area contributed by atoms with Crippen LogP contribution in [0.5, 0.6) is 0 Å². The predicted octanol–water partition coefficient (Wildman–Crippen LogP) is -4.21. The number of aliphatic hydroxyl groups is 3. The molecule has 0 aromatic heterocycles. The van der Waals surface area contributed by atoms with E-state index in [1.54, 1.807) is 4.90 Å². The third kappa shape index (κ3) is 43.5. The van der Waals surface area contributed by atoms with Gasteiger partial charge in [0.1, 0.15) is 0 Å². The second kappa shape index (κ2) is 20.4. The first-order valence-corrected chi connectivity index (χ1v) is 11.1. The van der Waals surface area contributed by atoms with Gasteiger partial charge in [0.25, 0.3) is 0 Å². The Hall–Kier alpha value is 1.05. The Labute approximate surface area is 122 Å². The molecule has 0 aromatic carbocycles. The minimum atomic E-state index is -3.79. The molecule has 0 fully saturated rings. The molecule has 18 heavy (non-hydrogen) atoms. The van der Waals surface area contributed by atoms with E-state index < -0.39 is 45.3 Å². The van der Waals surface area contributed by atoms with Crippen molar-refractivity contribution < 1.29 is 78.9 Å². The molecule has 10 nitrogen and oxygen atoms in total. The quantitative estimate of drug-likeness (QED) is 0.218. The summed E-state index contributed by atoms with van der Waals surface area (Å²) in [4.78, 5) is 1.79. The number of hydrogen-bond donors (Lipinski definition) is 7. The van der Waals surface area contributed by atoms with E-state index in [-0.39, 0.29) is 19.8 Å². The minimum absolute atomic E-state index is 0.0694. The zero-order chi connectivity index (χ0) is 15.0. The summed E-state index contributed by atoms with van der Waals surface area (Å²) in [5.41, 5.74) is 0. The van der Waals surface area contributed by atoms with Crippen LogP contribution in [0.1, 0.15) is 0 Å². The molecule has 0 unspecified atom stereocenters. The molecular formula is C6H19NO9Zr2. The van der Waals surface area contributed by atoms with Gasteiger partial charge in [0, 0.05) is 19.6 Å². The number of nitrogens with zero attached hydrogens (tertiary/aromatic N) is 1. The van der Waals surface area contributed by atoms with Gasteiger partial charge in [-0.15, -0.1) is 0 Å². The van der Waals surface area contributed by atoms with Crippen molar-refractivity contribution in [3.63, 3.8) is 0 Å². The maximum absolute atomic E-state index is 8.84. The molecule has 0 aliphatic heterocycles. The summed E-state index contributed by atoms with van der Waals surface area (Å²) in [7, 11) is 0. The van der Waals surface area contributed by atoms with E-state index in [2.05, 4.69) is 0 Å². The van der Waals surface area contributed by atoms with Gasteiger partial charge in [-0.25, -0.2) is 0 Å². The Balaban J connectivity index is -0.000000233. The average molecular weight is 432 g/mol. The molecular weight excluding hydrogens is 413 g/mol. The van der Waals surface area contributed by atoms with Crippen molar-refractivity contribution in [2.75, 3.05) is 39.5 Å². The molecule has 0 amide bonds. The van der Waals surface area contributed by atoms with E-state index in [9.17, 15) is 0 Å². The van der Waals surface area contributed by atoms with Crippen LogP contribution in [-0.2, 0) is 50.9 Å². The normalized spacial score (nSPS) is 8.89. The van der Waals surface area contributed by atoms with Gasteiger partial charge >= 0.3 is 63.6 Å². The van der Waals surface area contributed by atoms with Gasteiger partial charge in [0.15, 0.2) is 0 Å². The third-order valence-electron chi connectivity index (χ3n) is 1.25. The fourth-order valence-corrected chi connectivity index (χ4v) is 0.760. The van der Waals surface area contributed by atoms with Crippen LogP contribution < -0.4 is 0 Å². The standard InChI is InChI=1S/C6H15NO3.4H2O.2O.2Zr/c8-4-1-7(2-5-9)3-6-10;;;;;;;;/h8-10H,1-6H2;4*1H2;;;;/q;;;;;;;2*+2/p-4. The molecule has 12 heteroatoms. The van der Waals surface area contributed by atoms with Gasteiger partial charge in [-0.3, -0.25) is 4.90 Å². The fraction of sp³-hybridized carbons (Fsp3) is 1.00. The Bertz CT molecular complexity index is 171. The summed E-state index contributed by atoms with van der Waals surface area (Å²) in [5.74, 6) is 0. The van der Waals surface area contributed by atoms with E-state index in [0.29, 0.717) is 19.6 Å². The molecule has 0 bridgehead atoms. The second-order valence-electron chi connectivity index (χ2n) is 2.58. The van der Waals surface area contributed by atoms with Crippen molar-refractivity contribution in [2.45, 2.75) is 0 Å². The Morgan fingerprint density at radius 2 is 0.833 bits per heavy atom. The second-order valence-corrected chi connectivity index (χ2v) is 5.36. The molecule has 110 valence electrons. The molecule has 0 radical (unpaired) electrons. The van der Waals surface area contributed by atoms with Crippen LogP contribution in [-0.4, -0.2) is 72.4 Å². The molecule has 0 aliphatic carbocycles. The molecule has 0 saturated carbocycles. The van der Waals surface area contributed by atoms with Crippen LogP contribution in [0, 0.1) is 0 Å². The first kappa shape index (κ1) is 24.1. The number of hydrogen-bond acceptors (Lipinski definition) is 6. The zero-order valence-corrected chi connectivity index (χ0v) is 14.6. The summed E-state index contributed by atoms with van der Waals surface area (Å²) in [6.45, 7) is 1.75. The molecule has 0 spiro atoms. The van der Waals surface area contributed by atoms with Crippen molar-refractivity contribution in [3.05, 3.63) is 0 Å². The molecule has 7 N–H and O–H groups in total. The molecule has 0 atom stereocenters. The van der Waals surface area contributed by atoms with Gasteiger partial charge in [0.2, 0.25) is 0 Å². The van der Waals surface area contributed by atoms with Crippen LogP contribution in [0.15, 0.2) is 0 Å². The molecule has 0 rings (SSSR count). The zero-order valence-electron chi connectivity index (χ0n) is 9.64. The summed E-state index contributed by atoms with van der Waals surface area (Å²) in [6, 6.07) is 0. The van der Waals surface area contributed by atoms with Gasteiger partial charge in [-0.05, 0) is 0 Å². The van der Waals surface area contributed by atoms with Crippen LogP contribution >= 0.6 is 0 Å². The van der Waals surface area contributed by atoms with Crippen LogP contribution in [0.25, 0.3) is 0 Å². The first-order valence-electron chi connectivity index (χ1n) is 4.70. The van der Waals surface area contributed by atoms with Crippen molar-refractivity contribution >= 4 is 0 Å². The van der Waals surface area contributed by atoms with E-state index >= 15 is 0 Å². The topological polar surface area (TPSA) is 179 Å². The van der Waals surface area contributed by atoms with Crippen molar-refractivity contribution in [1.82, 2.24) is 4.90 Å². The summed E-state index contributed by atoms with van der Waals surface area (Å²) >= 11 is -7.59. The van der Waals surface area contributed by atoms with Crippen LogP contribution in [0.3, 0.4) is 0 Å². The predicted molar refractivity (Wildman–Crippen MR) is 47.9 cm³/mol. The van der Waals surface area contributed by atoms with Gasteiger partial charge in [-0.1, -0.05) is 0 Å². The van der Waals surface area contributed by atoms with E-state index in [1.165, 1.54) is 0 Å². The monoisotopic (exact) mass is 429 g/mol. The number of rotatable bonds is 6. The van der Waals surface area contributed by atoms with Crippen LogP contribution in [0.4, 0.5) is 0 Å². The third-order valence-corrected chi connectivity index (χ3v) is 1.25. The molecule has 0 aliphatic rings. The molecule has 0 heterocycles. The number of aliphatic hydroxyl groups excluding tert-OH is 3.